The van der Waals surface area contributed by atoms with E-state index in [4.69, 9.17) is 4.74 Å². The van der Waals surface area contributed by atoms with Crippen LogP contribution in [-0.2, 0) is 27.6 Å². The van der Waals surface area contributed by atoms with Gasteiger partial charge in [-0.25, -0.2) is 8.42 Å². The van der Waals surface area contributed by atoms with Gasteiger partial charge < -0.3 is 14.2 Å². The Morgan fingerprint density at radius 2 is 1.81 bits per heavy atom. The molecule has 2 heterocycles. The molecule has 1 atom stereocenters. The SMILES string of the molecule is COc1cccc(CN(C(=O)Cc2ccc(-n3cccc3)cc2)C2C=CS(=O)(=O)C2)c1. The lowest BCUT2D eigenvalue weighted by atomic mass is 10.1. The molecule has 0 N–H and O–H groups in total. The summed E-state index contributed by atoms with van der Waals surface area (Å²) in [4.78, 5) is 14.9. The van der Waals surface area contributed by atoms with Crippen molar-refractivity contribution in [3.05, 3.63) is 95.7 Å². The Balaban J connectivity index is 1.54. The fourth-order valence-corrected chi connectivity index (χ4v) is 4.98. The number of hydrogen-bond donors (Lipinski definition) is 0. The van der Waals surface area contributed by atoms with Gasteiger partial charge in [0, 0.05) is 30.0 Å². The molecule has 0 bridgehead atoms. The van der Waals surface area contributed by atoms with Gasteiger partial charge in [0.05, 0.1) is 25.3 Å². The Bertz CT molecular complexity index is 1180. The van der Waals surface area contributed by atoms with Gasteiger partial charge in [0.25, 0.3) is 0 Å². The van der Waals surface area contributed by atoms with Crippen molar-refractivity contribution in [2.24, 2.45) is 0 Å². The summed E-state index contributed by atoms with van der Waals surface area (Å²) in [6, 6.07) is 18.7. The molecule has 0 fully saturated rings. The van der Waals surface area contributed by atoms with E-state index >= 15 is 0 Å². The average molecular weight is 437 g/mol. The second-order valence-corrected chi connectivity index (χ2v) is 9.46. The van der Waals surface area contributed by atoms with E-state index in [0.29, 0.717) is 12.3 Å². The second kappa shape index (κ2) is 8.81. The molecule has 0 aliphatic carbocycles. The largest absolute Gasteiger partial charge is 0.497 e. The zero-order chi connectivity index (χ0) is 21.8. The third kappa shape index (κ3) is 5.06. The molecule has 1 aromatic heterocycles. The van der Waals surface area contributed by atoms with Crippen molar-refractivity contribution in [2.45, 2.75) is 19.0 Å². The molecule has 4 rings (SSSR count). The van der Waals surface area contributed by atoms with Gasteiger partial charge in [-0.2, -0.15) is 0 Å². The second-order valence-electron chi connectivity index (χ2n) is 7.53. The molecule has 3 aromatic rings. The maximum atomic E-state index is 13.2. The molecule has 1 amide bonds. The molecule has 1 unspecified atom stereocenters. The fourth-order valence-electron chi connectivity index (χ4n) is 3.68. The first-order valence-electron chi connectivity index (χ1n) is 9.99. The third-order valence-corrected chi connectivity index (χ3v) is 6.69. The maximum Gasteiger partial charge on any atom is 0.227 e. The highest BCUT2D eigenvalue weighted by molar-refractivity contribution is 7.94. The van der Waals surface area contributed by atoms with Crippen LogP contribution in [0.25, 0.3) is 5.69 Å². The lowest BCUT2D eigenvalue weighted by Crippen LogP contribution is -2.41. The van der Waals surface area contributed by atoms with Crippen molar-refractivity contribution in [3.8, 4) is 11.4 Å². The fraction of sp³-hybridized carbons (Fsp3) is 0.208. The van der Waals surface area contributed by atoms with Crippen LogP contribution in [0.5, 0.6) is 5.75 Å². The van der Waals surface area contributed by atoms with E-state index in [2.05, 4.69) is 0 Å². The van der Waals surface area contributed by atoms with Crippen LogP contribution in [0.15, 0.2) is 84.5 Å². The molecular weight excluding hydrogens is 412 g/mol. The average Bonchev–Trinajstić information content (AvgIpc) is 3.42. The molecule has 0 saturated heterocycles. The zero-order valence-electron chi connectivity index (χ0n) is 17.2. The van der Waals surface area contributed by atoms with Crippen molar-refractivity contribution in [2.75, 3.05) is 12.9 Å². The maximum absolute atomic E-state index is 13.2. The Labute approximate surface area is 182 Å². The van der Waals surface area contributed by atoms with Gasteiger partial charge >= 0.3 is 0 Å². The lowest BCUT2D eigenvalue weighted by molar-refractivity contribution is -0.132. The summed E-state index contributed by atoms with van der Waals surface area (Å²) in [5.74, 6) is 0.485. The zero-order valence-corrected chi connectivity index (χ0v) is 18.0. The number of methoxy groups -OCH3 is 1. The van der Waals surface area contributed by atoms with Crippen LogP contribution in [-0.4, -0.2) is 42.7 Å². The van der Waals surface area contributed by atoms with E-state index in [1.54, 1.807) is 18.1 Å². The summed E-state index contributed by atoms with van der Waals surface area (Å²) in [6.07, 6.45) is 5.72. The standard InChI is InChI=1S/C24H24N2O4S/c1-30-23-6-4-5-20(15-23)17-26(22-11-14-31(28,29)18-22)24(27)16-19-7-9-21(10-8-19)25-12-2-3-13-25/h2-15,22H,16-18H2,1H3. The highest BCUT2D eigenvalue weighted by Crippen LogP contribution is 2.21. The van der Waals surface area contributed by atoms with Gasteiger partial charge in [0.2, 0.25) is 5.91 Å². The molecule has 0 spiro atoms. The minimum absolute atomic E-state index is 0.0880. The van der Waals surface area contributed by atoms with Gasteiger partial charge in [0.1, 0.15) is 5.75 Å². The first-order valence-corrected chi connectivity index (χ1v) is 11.7. The minimum atomic E-state index is -3.28. The number of hydrogen-bond acceptors (Lipinski definition) is 4. The summed E-state index contributed by atoms with van der Waals surface area (Å²) >= 11 is 0. The minimum Gasteiger partial charge on any atom is -0.497 e. The van der Waals surface area contributed by atoms with Gasteiger partial charge in [-0.1, -0.05) is 24.3 Å². The van der Waals surface area contributed by atoms with Crippen LogP contribution < -0.4 is 4.74 Å². The Morgan fingerprint density at radius 1 is 1.06 bits per heavy atom. The van der Waals surface area contributed by atoms with Crippen molar-refractivity contribution in [3.63, 3.8) is 0 Å². The Kier molecular flexibility index (Phi) is 5.95. The summed E-state index contributed by atoms with van der Waals surface area (Å²) in [5.41, 5.74) is 2.77. The normalized spacial score (nSPS) is 16.9. The molecule has 7 heteroatoms. The van der Waals surface area contributed by atoms with Crippen LogP contribution in [0.4, 0.5) is 0 Å². The van der Waals surface area contributed by atoms with E-state index < -0.39 is 15.9 Å². The predicted molar refractivity (Wildman–Crippen MR) is 120 cm³/mol. The topological polar surface area (TPSA) is 68.6 Å². The van der Waals surface area contributed by atoms with Crippen molar-refractivity contribution in [1.29, 1.82) is 0 Å². The monoisotopic (exact) mass is 436 g/mol. The van der Waals surface area contributed by atoms with Crippen LogP contribution in [0.2, 0.25) is 0 Å². The summed E-state index contributed by atoms with van der Waals surface area (Å²) in [6.45, 7) is 0.308. The van der Waals surface area contributed by atoms with Crippen LogP contribution in [0.3, 0.4) is 0 Å². The van der Waals surface area contributed by atoms with Crippen molar-refractivity contribution in [1.82, 2.24) is 9.47 Å². The van der Waals surface area contributed by atoms with Gasteiger partial charge in [-0.15, -0.1) is 0 Å². The predicted octanol–water partition coefficient (Wildman–Crippen LogP) is 3.37. The van der Waals surface area contributed by atoms with E-state index in [-0.39, 0.29) is 18.1 Å². The number of carbonyl (C=O) groups is 1. The molecule has 1 aliphatic heterocycles. The molecule has 2 aromatic carbocycles. The Hall–Kier alpha value is -3.32. The van der Waals surface area contributed by atoms with Crippen LogP contribution in [0.1, 0.15) is 11.1 Å². The molecule has 0 saturated carbocycles. The van der Waals surface area contributed by atoms with E-state index in [0.717, 1.165) is 16.8 Å². The summed E-state index contributed by atoms with van der Waals surface area (Å²) in [7, 11) is -1.70. The summed E-state index contributed by atoms with van der Waals surface area (Å²) < 4.78 is 31.2. The molecule has 31 heavy (non-hydrogen) atoms. The van der Waals surface area contributed by atoms with E-state index in [9.17, 15) is 13.2 Å². The van der Waals surface area contributed by atoms with Gasteiger partial charge in [-0.05, 0) is 53.6 Å². The smallest absolute Gasteiger partial charge is 0.227 e. The molecule has 6 nitrogen and oxygen atoms in total. The number of aromatic nitrogens is 1. The highest BCUT2D eigenvalue weighted by Gasteiger charge is 2.30. The number of ether oxygens (including phenoxy) is 1. The first-order chi connectivity index (χ1) is 14.9. The third-order valence-electron chi connectivity index (χ3n) is 5.31. The number of benzene rings is 2. The first kappa shape index (κ1) is 20.9. The molecular formula is C24H24N2O4S. The van der Waals surface area contributed by atoms with Gasteiger partial charge in [-0.3, -0.25) is 4.79 Å². The van der Waals surface area contributed by atoms with Gasteiger partial charge in [0.15, 0.2) is 9.84 Å². The van der Waals surface area contributed by atoms with E-state index in [1.807, 2.05) is 77.6 Å². The number of sulfone groups is 1. The summed E-state index contributed by atoms with van der Waals surface area (Å²) in [5, 5.41) is 1.20. The van der Waals surface area contributed by atoms with Crippen molar-refractivity contribution >= 4 is 15.7 Å². The number of rotatable bonds is 7. The van der Waals surface area contributed by atoms with E-state index in [1.165, 1.54) is 5.41 Å². The Morgan fingerprint density at radius 3 is 2.45 bits per heavy atom. The molecule has 0 radical (unpaired) electrons. The molecule has 160 valence electrons. The number of carbonyl (C=O) groups excluding carboxylic acids is 1. The van der Waals surface area contributed by atoms with Crippen LogP contribution >= 0.6 is 0 Å². The van der Waals surface area contributed by atoms with Crippen LogP contribution in [0, 0.1) is 0 Å². The number of amides is 1. The van der Waals surface area contributed by atoms with Crippen molar-refractivity contribution < 1.29 is 17.9 Å². The number of nitrogens with zero attached hydrogens (tertiary/aromatic N) is 2. The molecule has 1 aliphatic rings. The quantitative estimate of drug-likeness (QED) is 0.570. The lowest BCUT2D eigenvalue weighted by Gasteiger charge is -2.28. The highest BCUT2D eigenvalue weighted by atomic mass is 32.2.